The summed E-state index contributed by atoms with van der Waals surface area (Å²) in [4.78, 5) is 0. The van der Waals surface area contributed by atoms with E-state index in [9.17, 15) is 0 Å². The fourth-order valence-electron chi connectivity index (χ4n) is 2.09. The van der Waals surface area contributed by atoms with E-state index in [1.54, 1.807) is 0 Å². The van der Waals surface area contributed by atoms with Crippen LogP contribution in [0.5, 0.6) is 0 Å². The second-order valence-corrected chi connectivity index (χ2v) is 9.42. The van der Waals surface area contributed by atoms with Crippen LogP contribution in [0.4, 0.5) is 0 Å². The van der Waals surface area contributed by atoms with E-state index in [1.807, 2.05) is 0 Å². The van der Waals surface area contributed by atoms with Crippen molar-refractivity contribution in [2.75, 3.05) is 19.8 Å². The first-order valence-corrected chi connectivity index (χ1v) is 8.87. The van der Waals surface area contributed by atoms with Gasteiger partial charge in [0.05, 0.1) is 6.61 Å². The molecule has 0 bridgehead atoms. The Kier molecular flexibility index (Phi) is 6.93. The highest BCUT2D eigenvalue weighted by molar-refractivity contribution is 6.32. The zero-order valence-corrected chi connectivity index (χ0v) is 15.2. The normalized spacial score (nSPS) is 13.2. The second kappa shape index (κ2) is 7.96. The van der Waals surface area contributed by atoms with Crippen LogP contribution in [0.1, 0.15) is 46.6 Å². The van der Waals surface area contributed by atoms with Gasteiger partial charge in [0.15, 0.2) is 9.76 Å². The lowest BCUT2D eigenvalue weighted by atomic mass is 9.97. The fourth-order valence-corrected chi connectivity index (χ4v) is 3.66. The molecule has 0 aliphatic rings. The van der Waals surface area contributed by atoms with Crippen LogP contribution < -0.4 is 0 Å². The Hall–Kier alpha value is -0.643. The Morgan fingerprint density at radius 3 is 2.25 bits per heavy atom. The van der Waals surface area contributed by atoms with Crippen LogP contribution in [0, 0.1) is 5.41 Å². The third-order valence-corrected chi connectivity index (χ3v) is 4.89. The molecule has 0 saturated heterocycles. The minimum absolute atomic E-state index is 0.106. The topological polar surface area (TPSA) is 18.5 Å². The van der Waals surface area contributed by atoms with E-state index in [1.165, 1.54) is 5.56 Å². The average molecular weight is 295 g/mol. The van der Waals surface area contributed by atoms with E-state index >= 15 is 0 Å². The molecule has 0 fully saturated rings. The third kappa shape index (κ3) is 6.20. The number of ether oxygens (including phenoxy) is 1. The molecule has 0 spiro atoms. The van der Waals surface area contributed by atoms with Gasteiger partial charge < -0.3 is 9.16 Å². The van der Waals surface area contributed by atoms with Gasteiger partial charge in [-0.05, 0) is 12.0 Å². The summed E-state index contributed by atoms with van der Waals surface area (Å²) in [7, 11) is -0.623. The Bertz CT molecular complexity index is 374. The van der Waals surface area contributed by atoms with Crippen LogP contribution in [-0.2, 0) is 14.2 Å². The lowest BCUT2D eigenvalue weighted by Crippen LogP contribution is -2.33. The van der Waals surface area contributed by atoms with Crippen LogP contribution in [0.25, 0.3) is 0 Å². The van der Waals surface area contributed by atoms with Gasteiger partial charge in [-0.25, -0.2) is 0 Å². The highest BCUT2D eigenvalue weighted by Gasteiger charge is 2.24. The van der Waals surface area contributed by atoms with Gasteiger partial charge in [0, 0.05) is 23.7 Å². The van der Waals surface area contributed by atoms with Crippen LogP contribution >= 0.6 is 0 Å². The van der Waals surface area contributed by atoms with Gasteiger partial charge in [0.25, 0.3) is 0 Å². The first-order chi connectivity index (χ1) is 9.37. The summed E-state index contributed by atoms with van der Waals surface area (Å²) >= 11 is 0. The molecule has 1 rings (SSSR count). The standard InChI is InChI=1S/C17H30O2Si/c1-6-12-18-13-16(2,3)14-19-20-17(4,5)15-10-8-7-9-11-15/h7-11H,6,12-14,20H2,1-5H3. The summed E-state index contributed by atoms with van der Waals surface area (Å²) in [6.07, 6.45) is 1.08. The number of hydrogen-bond acceptors (Lipinski definition) is 2. The minimum atomic E-state index is -0.623. The molecule has 0 amide bonds. The predicted octanol–water partition coefficient (Wildman–Crippen LogP) is 3.47. The molecule has 0 N–H and O–H groups in total. The summed E-state index contributed by atoms with van der Waals surface area (Å²) in [5, 5.41) is 0.182. The van der Waals surface area contributed by atoms with Gasteiger partial charge in [-0.1, -0.05) is 65.0 Å². The van der Waals surface area contributed by atoms with Crippen molar-refractivity contribution in [2.45, 2.75) is 46.1 Å². The first kappa shape index (κ1) is 17.4. The average Bonchev–Trinajstić information content (AvgIpc) is 2.39. The van der Waals surface area contributed by atoms with Crippen molar-refractivity contribution in [3.63, 3.8) is 0 Å². The molecule has 1 aromatic carbocycles. The van der Waals surface area contributed by atoms with Gasteiger partial charge in [0.2, 0.25) is 0 Å². The highest BCUT2D eigenvalue weighted by atomic mass is 28.2. The van der Waals surface area contributed by atoms with E-state index < -0.39 is 9.76 Å². The van der Waals surface area contributed by atoms with Gasteiger partial charge in [-0.2, -0.15) is 0 Å². The van der Waals surface area contributed by atoms with Crippen LogP contribution in [-0.4, -0.2) is 29.6 Å². The van der Waals surface area contributed by atoms with E-state index in [-0.39, 0.29) is 10.5 Å². The van der Waals surface area contributed by atoms with Crippen molar-refractivity contribution in [3.05, 3.63) is 35.9 Å². The molecule has 0 aliphatic carbocycles. The number of hydrogen-bond donors (Lipinski definition) is 0. The predicted molar refractivity (Wildman–Crippen MR) is 88.9 cm³/mol. The maximum Gasteiger partial charge on any atom is 0.171 e. The van der Waals surface area contributed by atoms with E-state index in [2.05, 4.69) is 65.0 Å². The van der Waals surface area contributed by atoms with Crippen LogP contribution in [0.2, 0.25) is 0 Å². The van der Waals surface area contributed by atoms with Crippen molar-refractivity contribution in [2.24, 2.45) is 5.41 Å². The van der Waals surface area contributed by atoms with E-state index in [0.29, 0.717) is 0 Å². The SMILES string of the molecule is CCCOCC(C)(C)CO[SiH2]C(C)(C)c1ccccc1. The maximum atomic E-state index is 6.11. The largest absolute Gasteiger partial charge is 0.422 e. The summed E-state index contributed by atoms with van der Waals surface area (Å²) in [5.41, 5.74) is 1.49. The van der Waals surface area contributed by atoms with E-state index in [0.717, 1.165) is 26.2 Å². The third-order valence-electron chi connectivity index (χ3n) is 3.35. The molecule has 0 aromatic heterocycles. The molecule has 0 aliphatic heterocycles. The quantitative estimate of drug-likeness (QED) is 0.513. The van der Waals surface area contributed by atoms with Gasteiger partial charge in [0.1, 0.15) is 0 Å². The molecule has 0 saturated carbocycles. The van der Waals surface area contributed by atoms with Crippen molar-refractivity contribution in [1.29, 1.82) is 0 Å². The smallest absolute Gasteiger partial charge is 0.171 e. The lowest BCUT2D eigenvalue weighted by molar-refractivity contribution is 0.0348. The molecule has 0 heterocycles. The fraction of sp³-hybridized carbons (Fsp3) is 0.647. The monoisotopic (exact) mass is 294 g/mol. The Balaban J connectivity index is 2.39. The molecular formula is C17H30O2Si. The summed E-state index contributed by atoms with van der Waals surface area (Å²) in [5.74, 6) is 0. The second-order valence-electron chi connectivity index (χ2n) is 6.96. The van der Waals surface area contributed by atoms with Gasteiger partial charge in [-0.15, -0.1) is 0 Å². The molecule has 3 heteroatoms. The first-order valence-electron chi connectivity index (χ1n) is 7.58. The molecular weight excluding hydrogens is 264 g/mol. The molecule has 2 nitrogen and oxygen atoms in total. The van der Waals surface area contributed by atoms with Crippen LogP contribution in [0.3, 0.4) is 0 Å². The molecule has 1 aromatic rings. The molecule has 0 radical (unpaired) electrons. The van der Waals surface area contributed by atoms with Gasteiger partial charge in [-0.3, -0.25) is 0 Å². The van der Waals surface area contributed by atoms with E-state index in [4.69, 9.17) is 9.16 Å². The Morgan fingerprint density at radius 2 is 1.65 bits per heavy atom. The summed E-state index contributed by atoms with van der Waals surface area (Å²) in [6.45, 7) is 13.6. The Labute approximate surface area is 126 Å². The Morgan fingerprint density at radius 1 is 1.00 bits per heavy atom. The zero-order chi connectivity index (χ0) is 15.1. The van der Waals surface area contributed by atoms with Crippen molar-refractivity contribution in [3.8, 4) is 0 Å². The maximum absolute atomic E-state index is 6.11. The zero-order valence-electron chi connectivity index (χ0n) is 13.7. The minimum Gasteiger partial charge on any atom is -0.422 e. The van der Waals surface area contributed by atoms with Crippen LogP contribution in [0.15, 0.2) is 30.3 Å². The molecule has 0 atom stereocenters. The van der Waals surface area contributed by atoms with Crippen molar-refractivity contribution in [1.82, 2.24) is 0 Å². The number of benzene rings is 1. The summed E-state index contributed by atoms with van der Waals surface area (Å²) in [6, 6.07) is 10.7. The van der Waals surface area contributed by atoms with Crippen molar-refractivity contribution >= 4 is 9.76 Å². The number of rotatable bonds is 9. The van der Waals surface area contributed by atoms with Crippen molar-refractivity contribution < 1.29 is 9.16 Å². The molecule has 114 valence electrons. The molecule has 0 unspecified atom stereocenters. The summed E-state index contributed by atoms with van der Waals surface area (Å²) < 4.78 is 11.8. The van der Waals surface area contributed by atoms with Gasteiger partial charge >= 0.3 is 0 Å². The lowest BCUT2D eigenvalue weighted by Gasteiger charge is -2.29. The molecule has 20 heavy (non-hydrogen) atoms. The highest BCUT2D eigenvalue weighted by Crippen LogP contribution is 2.23.